The zero-order chi connectivity index (χ0) is 11.4. The fraction of sp³-hybridized carbons (Fsp3) is 0.538. The lowest BCUT2D eigenvalue weighted by atomic mass is 10.0. The minimum atomic E-state index is 0.470. The van der Waals surface area contributed by atoms with Gasteiger partial charge in [-0.1, -0.05) is 35.8 Å². The van der Waals surface area contributed by atoms with Crippen molar-refractivity contribution in [3.63, 3.8) is 0 Å². The largest absolute Gasteiger partial charge is 0.373 e. The summed E-state index contributed by atoms with van der Waals surface area (Å²) in [5.74, 6) is 0. The maximum Gasteiger partial charge on any atom is 0.0850 e. The lowest BCUT2D eigenvalue weighted by Gasteiger charge is -2.08. The molecule has 0 bridgehead atoms. The molecule has 1 nitrogen and oxygen atoms in total. The molecule has 1 fully saturated rings. The van der Waals surface area contributed by atoms with Gasteiger partial charge in [-0.05, 0) is 36.6 Å². The Hall–Kier alpha value is -0.340. The summed E-state index contributed by atoms with van der Waals surface area (Å²) in [5.41, 5.74) is 4.07. The summed E-state index contributed by atoms with van der Waals surface area (Å²) in [6.07, 6.45) is 1.52. The van der Waals surface area contributed by atoms with Gasteiger partial charge in [0.1, 0.15) is 0 Å². The molecule has 1 aliphatic heterocycles. The third-order valence-corrected chi connectivity index (χ3v) is 3.10. The fourth-order valence-corrected chi connectivity index (χ4v) is 2.45. The van der Waals surface area contributed by atoms with Gasteiger partial charge in [0.15, 0.2) is 0 Å². The minimum Gasteiger partial charge on any atom is -0.373 e. The van der Waals surface area contributed by atoms with Crippen molar-refractivity contribution in [3.8, 4) is 0 Å². The molecule has 1 saturated heterocycles. The first-order valence-electron chi connectivity index (χ1n) is 5.54. The predicted octanol–water partition coefficient (Wildman–Crippen LogP) is 4.03. The summed E-state index contributed by atoms with van der Waals surface area (Å²) in [5, 5.41) is 0. The van der Waals surface area contributed by atoms with Crippen molar-refractivity contribution >= 4 is 15.9 Å². The van der Waals surface area contributed by atoms with E-state index in [0.717, 1.165) is 13.0 Å². The Morgan fingerprint density at radius 1 is 1.33 bits per heavy atom. The van der Waals surface area contributed by atoms with Crippen LogP contribution in [0.25, 0.3) is 0 Å². The molecule has 1 heterocycles. The van der Waals surface area contributed by atoms with Crippen molar-refractivity contribution in [2.75, 3.05) is 6.61 Å². The van der Waals surface area contributed by atoms with Crippen molar-refractivity contribution in [1.82, 2.24) is 0 Å². The van der Waals surface area contributed by atoms with Crippen LogP contribution in [-0.2, 0) is 11.2 Å². The van der Waals surface area contributed by atoms with E-state index in [-0.39, 0.29) is 0 Å². The Morgan fingerprint density at radius 2 is 1.93 bits per heavy atom. The van der Waals surface area contributed by atoms with Gasteiger partial charge in [-0.2, -0.15) is 0 Å². The number of ether oxygens (including phenoxy) is 1. The van der Waals surface area contributed by atoms with Crippen LogP contribution >= 0.6 is 15.9 Å². The van der Waals surface area contributed by atoms with Crippen LogP contribution in [-0.4, -0.2) is 12.7 Å². The molecule has 0 aromatic heterocycles. The molecular formula is C13H19BrO. The summed E-state index contributed by atoms with van der Waals surface area (Å²) < 4.78 is 6.45. The summed E-state index contributed by atoms with van der Waals surface area (Å²) in [6, 6.07) is 4.40. The molecule has 0 spiro atoms. The molecule has 15 heavy (non-hydrogen) atoms. The van der Waals surface area contributed by atoms with Crippen molar-refractivity contribution in [2.45, 2.75) is 40.2 Å². The monoisotopic (exact) mass is 270 g/mol. The number of benzene rings is 1. The molecule has 0 amide bonds. The van der Waals surface area contributed by atoms with E-state index in [4.69, 9.17) is 4.74 Å². The summed E-state index contributed by atoms with van der Waals surface area (Å²) >= 11 is 3.60. The lowest BCUT2D eigenvalue weighted by molar-refractivity contribution is 0.407. The van der Waals surface area contributed by atoms with E-state index in [2.05, 4.69) is 41.9 Å². The van der Waals surface area contributed by atoms with Gasteiger partial charge in [-0.25, -0.2) is 0 Å². The minimum absolute atomic E-state index is 0.470. The van der Waals surface area contributed by atoms with Crippen LogP contribution in [0.15, 0.2) is 16.6 Å². The second-order valence-corrected chi connectivity index (χ2v) is 4.56. The molecule has 1 aromatic carbocycles. The molecule has 0 saturated carbocycles. The molecule has 84 valence electrons. The van der Waals surface area contributed by atoms with Crippen LogP contribution in [0, 0.1) is 13.8 Å². The van der Waals surface area contributed by atoms with Crippen molar-refractivity contribution in [3.05, 3.63) is 33.3 Å². The highest BCUT2D eigenvalue weighted by atomic mass is 79.9. The average Bonchev–Trinajstić information content (AvgIpc) is 2.98. The van der Waals surface area contributed by atoms with Gasteiger partial charge in [-0.3, -0.25) is 0 Å². The number of rotatable bonds is 2. The van der Waals surface area contributed by atoms with E-state index in [1.807, 2.05) is 13.8 Å². The van der Waals surface area contributed by atoms with Crippen molar-refractivity contribution in [1.29, 1.82) is 0 Å². The van der Waals surface area contributed by atoms with Gasteiger partial charge >= 0.3 is 0 Å². The predicted molar refractivity (Wildman–Crippen MR) is 68.4 cm³/mol. The topological polar surface area (TPSA) is 12.5 Å². The quantitative estimate of drug-likeness (QED) is 0.740. The molecule has 0 aliphatic carbocycles. The highest BCUT2D eigenvalue weighted by Crippen LogP contribution is 2.27. The van der Waals surface area contributed by atoms with Crippen LogP contribution in [0.5, 0.6) is 0 Å². The molecule has 0 N–H and O–H groups in total. The first-order chi connectivity index (χ1) is 7.16. The Kier molecular flexibility index (Phi) is 4.81. The van der Waals surface area contributed by atoms with E-state index in [9.17, 15) is 0 Å². The molecule has 1 atom stereocenters. The third kappa shape index (κ3) is 3.62. The molecule has 2 heteroatoms. The molecule has 2 rings (SSSR count). The highest BCUT2D eigenvalue weighted by Gasteiger charge is 2.24. The number of hydrogen-bond donors (Lipinski definition) is 0. The van der Waals surface area contributed by atoms with E-state index in [1.165, 1.54) is 21.2 Å². The second kappa shape index (κ2) is 5.66. The normalized spacial score (nSPS) is 18.1. The maximum atomic E-state index is 5.23. The van der Waals surface area contributed by atoms with E-state index >= 15 is 0 Å². The molecule has 1 aliphatic rings. The lowest BCUT2D eigenvalue weighted by Crippen LogP contribution is -1.98. The molecular weight excluding hydrogens is 252 g/mol. The van der Waals surface area contributed by atoms with Crippen LogP contribution in [0.3, 0.4) is 0 Å². The SMILES string of the molecule is CC.Cc1cc(C)c(CC2CO2)c(Br)c1. The van der Waals surface area contributed by atoms with Gasteiger partial charge < -0.3 is 4.74 Å². The van der Waals surface area contributed by atoms with Crippen LogP contribution in [0.1, 0.15) is 30.5 Å². The summed E-state index contributed by atoms with van der Waals surface area (Å²) in [4.78, 5) is 0. The van der Waals surface area contributed by atoms with Crippen molar-refractivity contribution in [2.24, 2.45) is 0 Å². The molecule has 1 aromatic rings. The Bertz CT molecular complexity index is 306. The molecule has 1 unspecified atom stereocenters. The van der Waals surface area contributed by atoms with Crippen LogP contribution in [0.2, 0.25) is 0 Å². The third-order valence-electron chi connectivity index (χ3n) is 2.40. The Morgan fingerprint density at radius 3 is 2.40 bits per heavy atom. The fourth-order valence-electron chi connectivity index (χ4n) is 1.62. The smallest absolute Gasteiger partial charge is 0.0850 e. The van der Waals surface area contributed by atoms with Crippen molar-refractivity contribution < 1.29 is 4.74 Å². The van der Waals surface area contributed by atoms with E-state index in [1.54, 1.807) is 0 Å². The summed E-state index contributed by atoms with van der Waals surface area (Å²) in [6.45, 7) is 9.21. The van der Waals surface area contributed by atoms with Gasteiger partial charge in [0, 0.05) is 10.9 Å². The Labute approximate surface area is 101 Å². The van der Waals surface area contributed by atoms with E-state index < -0.39 is 0 Å². The van der Waals surface area contributed by atoms with Crippen LogP contribution in [0.4, 0.5) is 0 Å². The van der Waals surface area contributed by atoms with Gasteiger partial charge in [0.2, 0.25) is 0 Å². The zero-order valence-electron chi connectivity index (χ0n) is 9.93. The zero-order valence-corrected chi connectivity index (χ0v) is 11.5. The number of epoxide rings is 1. The average molecular weight is 271 g/mol. The van der Waals surface area contributed by atoms with Gasteiger partial charge in [0.05, 0.1) is 12.7 Å². The van der Waals surface area contributed by atoms with Gasteiger partial charge in [-0.15, -0.1) is 0 Å². The first-order valence-corrected chi connectivity index (χ1v) is 6.33. The van der Waals surface area contributed by atoms with E-state index in [0.29, 0.717) is 6.10 Å². The number of hydrogen-bond acceptors (Lipinski definition) is 1. The number of aryl methyl sites for hydroxylation is 2. The standard InChI is InChI=1S/C11H13BrO.C2H6/c1-7-3-8(2)10(11(12)4-7)5-9-6-13-9;1-2/h3-4,9H,5-6H2,1-2H3;1-2H3. The first kappa shape index (κ1) is 12.7. The van der Waals surface area contributed by atoms with Crippen LogP contribution < -0.4 is 0 Å². The van der Waals surface area contributed by atoms with Gasteiger partial charge in [0.25, 0.3) is 0 Å². The highest BCUT2D eigenvalue weighted by molar-refractivity contribution is 9.10. The second-order valence-electron chi connectivity index (χ2n) is 3.70. The number of halogens is 1. The maximum absolute atomic E-state index is 5.23. The summed E-state index contributed by atoms with van der Waals surface area (Å²) in [7, 11) is 0. The Balaban J connectivity index is 0.000000531. The molecule has 0 radical (unpaired) electrons.